The summed E-state index contributed by atoms with van der Waals surface area (Å²) in [5.74, 6) is -7.12. The van der Waals surface area contributed by atoms with Crippen LogP contribution in [0.15, 0.2) is 0 Å². The molecule has 41 heavy (non-hydrogen) atoms. The molecule has 0 aromatic carbocycles. The van der Waals surface area contributed by atoms with Crippen molar-refractivity contribution in [2.45, 2.75) is 94.8 Å². The van der Waals surface area contributed by atoms with Crippen LogP contribution in [-0.4, -0.2) is 118 Å². The number of carbonyl (C=O) groups excluding carboxylic acids is 2. The summed E-state index contributed by atoms with van der Waals surface area (Å²) in [7, 11) is 4.38. The van der Waals surface area contributed by atoms with E-state index < -0.39 is 23.9 Å². The first-order chi connectivity index (χ1) is 19.3. The van der Waals surface area contributed by atoms with E-state index >= 15 is 0 Å². The average molecular weight is 587 g/mol. The molecule has 0 radical (unpaired) electrons. The summed E-state index contributed by atoms with van der Waals surface area (Å²) in [6.45, 7) is 0.986. The maximum atomic E-state index is 12.3. The van der Waals surface area contributed by atoms with E-state index in [4.69, 9.17) is 49.1 Å². The second-order valence-electron chi connectivity index (χ2n) is 11.1. The number of hydrogen-bond donors (Lipinski definition) is 4. The van der Waals surface area contributed by atoms with E-state index in [1.54, 1.807) is 0 Å². The van der Waals surface area contributed by atoms with Gasteiger partial charge in [0.05, 0.1) is 25.0 Å². The topological polar surface area (TPSA) is 208 Å². The number of fused-ring (bicyclic) bond motifs is 4. The van der Waals surface area contributed by atoms with Gasteiger partial charge in [0, 0.05) is 24.2 Å². The van der Waals surface area contributed by atoms with Crippen molar-refractivity contribution in [3.63, 3.8) is 0 Å². The van der Waals surface area contributed by atoms with E-state index in [0.717, 1.165) is 44.9 Å². The molecule has 0 saturated carbocycles. The van der Waals surface area contributed by atoms with Gasteiger partial charge in [0.1, 0.15) is 0 Å². The van der Waals surface area contributed by atoms with Crippen LogP contribution in [0, 0.1) is 11.8 Å². The molecule has 4 rings (SSSR count). The van der Waals surface area contributed by atoms with Gasteiger partial charge in [-0.1, -0.05) is 0 Å². The maximum absolute atomic E-state index is 12.3. The van der Waals surface area contributed by atoms with Crippen LogP contribution in [0.25, 0.3) is 0 Å². The first-order valence-electron chi connectivity index (χ1n) is 14.0. The Morgan fingerprint density at radius 1 is 0.537 bits per heavy atom. The molecule has 0 aliphatic carbocycles. The number of rotatable bonds is 8. The minimum atomic E-state index is -1.82. The van der Waals surface area contributed by atoms with Crippen molar-refractivity contribution in [1.82, 2.24) is 9.80 Å². The molecular weight excluding hydrogens is 544 g/mol. The van der Waals surface area contributed by atoms with Crippen molar-refractivity contribution in [1.29, 1.82) is 0 Å². The van der Waals surface area contributed by atoms with Crippen molar-refractivity contribution < 1.29 is 58.7 Å². The lowest BCUT2D eigenvalue weighted by Gasteiger charge is -2.35. The molecule has 2 unspecified atom stereocenters. The lowest BCUT2D eigenvalue weighted by molar-refractivity contribution is -0.159. The summed E-state index contributed by atoms with van der Waals surface area (Å²) >= 11 is 0. The number of carboxylic acids is 4. The molecule has 14 heteroatoms. The summed E-state index contributed by atoms with van der Waals surface area (Å²) in [5, 5.41) is 29.6. The first kappa shape index (κ1) is 33.9. The molecule has 0 spiro atoms. The third-order valence-corrected chi connectivity index (χ3v) is 8.51. The third-order valence-electron chi connectivity index (χ3n) is 8.51. The van der Waals surface area contributed by atoms with Crippen molar-refractivity contribution in [2.75, 3.05) is 27.3 Å². The van der Waals surface area contributed by atoms with Gasteiger partial charge in [-0.3, -0.25) is 9.59 Å². The predicted octanol–water partition coefficient (Wildman–Crippen LogP) is 1.30. The molecule has 6 atom stereocenters. The molecule has 14 nitrogen and oxygen atoms in total. The minimum absolute atomic E-state index is 0.00155. The zero-order valence-corrected chi connectivity index (χ0v) is 23.6. The van der Waals surface area contributed by atoms with Crippen LogP contribution in [0.3, 0.4) is 0 Å². The molecule has 0 amide bonds. The van der Waals surface area contributed by atoms with Crippen LogP contribution in [0.1, 0.15) is 70.6 Å². The number of hydrogen-bond acceptors (Lipinski definition) is 10. The van der Waals surface area contributed by atoms with E-state index in [9.17, 15) is 9.59 Å². The van der Waals surface area contributed by atoms with E-state index in [1.165, 1.54) is 25.7 Å². The maximum Gasteiger partial charge on any atom is 0.414 e. The molecule has 0 aromatic heterocycles. The fourth-order valence-electron chi connectivity index (χ4n) is 6.17. The predicted molar refractivity (Wildman–Crippen MR) is 141 cm³/mol. The van der Waals surface area contributed by atoms with Crippen LogP contribution < -0.4 is 0 Å². The lowest BCUT2D eigenvalue weighted by atomic mass is 9.91. The number of esters is 2. The van der Waals surface area contributed by atoms with E-state index in [-0.39, 0.29) is 23.8 Å². The first-order valence-corrected chi connectivity index (χ1v) is 14.0. The highest BCUT2D eigenvalue weighted by molar-refractivity contribution is 6.27. The number of carboxylic acid groups (broad SMARTS) is 4. The zero-order chi connectivity index (χ0) is 30.7. The summed E-state index contributed by atoms with van der Waals surface area (Å²) in [6, 6.07) is 2.28. The van der Waals surface area contributed by atoms with Gasteiger partial charge >= 0.3 is 35.8 Å². The van der Waals surface area contributed by atoms with Gasteiger partial charge in [0.25, 0.3) is 0 Å². The van der Waals surface area contributed by atoms with Crippen molar-refractivity contribution in [3.8, 4) is 0 Å². The molecule has 232 valence electrons. The van der Waals surface area contributed by atoms with Crippen LogP contribution in [0.2, 0.25) is 0 Å². The van der Waals surface area contributed by atoms with Crippen LogP contribution >= 0.6 is 0 Å². The standard InChI is InChI=1S/C23H38N2O4.2C2H2O4/c1-24-18-6-7-19(24)13-16(12-18)22(26)28-10-4-3-5-11-29-23(27)17-14-20-8-9-21(15-17)25(20)2;2*3-1(4)2(5)6/h16-21H,3-15H2,1-2H3;2*(H,3,4)(H,5,6)/t16?,17?,18-,19+,20-,21+;;. The number of piperidine rings is 2. The summed E-state index contributed by atoms with van der Waals surface area (Å²) in [5.41, 5.74) is 0. The van der Waals surface area contributed by atoms with Crippen molar-refractivity contribution >= 4 is 35.8 Å². The Morgan fingerprint density at radius 3 is 1.05 bits per heavy atom. The summed E-state index contributed by atoms with van der Waals surface area (Å²) in [4.78, 5) is 66.0. The zero-order valence-electron chi connectivity index (χ0n) is 23.6. The van der Waals surface area contributed by atoms with E-state index in [2.05, 4.69) is 23.9 Å². The highest BCUT2D eigenvalue weighted by Gasteiger charge is 2.42. The van der Waals surface area contributed by atoms with Crippen LogP contribution in [-0.2, 0) is 38.2 Å². The SMILES string of the molecule is CN1[C@@H]2CC[C@H]1CC(C(=O)OCCCCCOC(=O)C1C[C@H]3CC[C@@H](C1)N3C)C2.O=C(O)C(=O)O.O=C(O)C(=O)O. The number of unbranched alkanes of at least 4 members (excludes halogenated alkanes) is 2. The Labute approximate surface area is 238 Å². The van der Waals surface area contributed by atoms with E-state index in [0.29, 0.717) is 37.4 Å². The molecule has 4 aliphatic heterocycles. The summed E-state index contributed by atoms with van der Waals surface area (Å²) in [6.07, 6.45) is 11.4. The Bertz CT molecular complexity index is 831. The molecule has 0 aromatic rings. The number of nitrogens with zero attached hydrogens (tertiary/aromatic N) is 2. The number of carbonyl (C=O) groups is 6. The van der Waals surface area contributed by atoms with Gasteiger partial charge in [-0.15, -0.1) is 0 Å². The monoisotopic (exact) mass is 586 g/mol. The van der Waals surface area contributed by atoms with Gasteiger partial charge < -0.3 is 39.7 Å². The van der Waals surface area contributed by atoms with Crippen LogP contribution in [0.5, 0.6) is 0 Å². The van der Waals surface area contributed by atoms with Gasteiger partial charge in [0.2, 0.25) is 0 Å². The van der Waals surface area contributed by atoms with Crippen molar-refractivity contribution in [3.05, 3.63) is 0 Å². The molecule has 4 fully saturated rings. The second-order valence-corrected chi connectivity index (χ2v) is 11.1. The fraction of sp³-hybridized carbons (Fsp3) is 0.778. The third kappa shape index (κ3) is 10.6. The molecule has 4 saturated heterocycles. The Hall–Kier alpha value is -3.26. The largest absolute Gasteiger partial charge is 0.473 e. The highest BCUT2D eigenvalue weighted by Crippen LogP contribution is 2.38. The lowest BCUT2D eigenvalue weighted by Crippen LogP contribution is -2.42. The second kappa shape index (κ2) is 16.2. The fourth-order valence-corrected chi connectivity index (χ4v) is 6.17. The van der Waals surface area contributed by atoms with Crippen molar-refractivity contribution in [2.24, 2.45) is 11.8 Å². The van der Waals surface area contributed by atoms with Gasteiger partial charge in [-0.05, 0) is 84.7 Å². The van der Waals surface area contributed by atoms with Gasteiger partial charge in [-0.2, -0.15) is 0 Å². The Balaban J connectivity index is 0.000000413. The summed E-state index contributed by atoms with van der Waals surface area (Å²) < 4.78 is 11.1. The highest BCUT2D eigenvalue weighted by atomic mass is 16.5. The average Bonchev–Trinajstić information content (AvgIpc) is 3.23. The number of aliphatic carboxylic acids is 4. The minimum Gasteiger partial charge on any atom is -0.473 e. The van der Waals surface area contributed by atoms with Gasteiger partial charge in [0.15, 0.2) is 0 Å². The van der Waals surface area contributed by atoms with Crippen LogP contribution in [0.4, 0.5) is 0 Å². The van der Waals surface area contributed by atoms with Gasteiger partial charge in [-0.25, -0.2) is 19.2 Å². The molecule has 4 bridgehead atoms. The normalized spacial score (nSPS) is 28.2. The quantitative estimate of drug-likeness (QED) is 0.180. The Kier molecular flexibility index (Phi) is 13.5. The molecule has 4 N–H and O–H groups in total. The molecule has 4 heterocycles. The number of ether oxygens (including phenoxy) is 2. The molecule has 4 aliphatic rings. The Morgan fingerprint density at radius 2 is 0.805 bits per heavy atom. The van der Waals surface area contributed by atoms with E-state index in [1.807, 2.05) is 0 Å². The molecular formula is C27H42N2O12. The smallest absolute Gasteiger partial charge is 0.414 e.